The van der Waals surface area contributed by atoms with Crippen molar-refractivity contribution in [2.75, 3.05) is 17.1 Å². The number of nitrogens with zero attached hydrogens (tertiary/aromatic N) is 1. The molecule has 9 heteroatoms. The van der Waals surface area contributed by atoms with Crippen LogP contribution in [-0.2, 0) is 21.0 Å². The molecule has 0 aliphatic carbocycles. The second kappa shape index (κ2) is 8.86. The molecule has 158 valence electrons. The van der Waals surface area contributed by atoms with Gasteiger partial charge in [0.1, 0.15) is 6.54 Å². The molecule has 1 atom stereocenters. The lowest BCUT2D eigenvalue weighted by atomic mass is 10.0. The Morgan fingerprint density at radius 2 is 1.62 bits per heavy atom. The number of nitrogens with one attached hydrogen (secondary N) is 1. The van der Waals surface area contributed by atoms with Crippen molar-refractivity contribution in [3.63, 3.8) is 0 Å². The molecule has 0 radical (unpaired) electrons. The molecular weight excluding hydrogens is 405 g/mol. The highest BCUT2D eigenvalue weighted by Gasteiger charge is 2.31. The third-order valence-corrected chi connectivity index (χ3v) is 5.53. The van der Waals surface area contributed by atoms with Crippen molar-refractivity contribution in [2.45, 2.75) is 32.5 Å². The van der Waals surface area contributed by atoms with E-state index in [0.717, 1.165) is 46.0 Å². The van der Waals surface area contributed by atoms with E-state index in [1.807, 2.05) is 38.1 Å². The Morgan fingerprint density at radius 3 is 2.07 bits per heavy atom. The standard InChI is InChI=1S/C20H23F3N2O3S/c1-4-18(15-7-5-14(2)6-8-15)24-19(26)13-25(29(3,27)28)17-11-9-16(10-12-17)20(21,22)23/h5-12,18H,4,13H2,1-3H3,(H,24,26)/t18-/m0/s1. The minimum atomic E-state index is -4.53. The quantitative estimate of drug-likeness (QED) is 0.724. The van der Waals surface area contributed by atoms with Crippen LogP contribution in [0.2, 0.25) is 0 Å². The number of hydrogen-bond donors (Lipinski definition) is 1. The highest BCUT2D eigenvalue weighted by Crippen LogP contribution is 2.31. The maximum atomic E-state index is 12.7. The van der Waals surface area contributed by atoms with Gasteiger partial charge in [-0.05, 0) is 43.2 Å². The van der Waals surface area contributed by atoms with Crippen molar-refractivity contribution in [3.05, 3.63) is 65.2 Å². The van der Waals surface area contributed by atoms with Crippen molar-refractivity contribution in [2.24, 2.45) is 0 Å². The molecule has 0 saturated heterocycles. The number of amides is 1. The monoisotopic (exact) mass is 428 g/mol. The topological polar surface area (TPSA) is 66.5 Å². The predicted molar refractivity (Wildman–Crippen MR) is 106 cm³/mol. The summed E-state index contributed by atoms with van der Waals surface area (Å²) in [5, 5.41) is 2.79. The fourth-order valence-electron chi connectivity index (χ4n) is 2.81. The van der Waals surface area contributed by atoms with Gasteiger partial charge < -0.3 is 5.32 Å². The summed E-state index contributed by atoms with van der Waals surface area (Å²) in [4.78, 5) is 12.5. The van der Waals surface area contributed by atoms with E-state index in [9.17, 15) is 26.4 Å². The number of anilines is 1. The van der Waals surface area contributed by atoms with Crippen LogP contribution in [0.3, 0.4) is 0 Å². The largest absolute Gasteiger partial charge is 0.416 e. The summed E-state index contributed by atoms with van der Waals surface area (Å²) in [6.45, 7) is 3.29. The first-order valence-corrected chi connectivity index (χ1v) is 10.8. The maximum absolute atomic E-state index is 12.7. The molecule has 0 unspecified atom stereocenters. The van der Waals surface area contributed by atoms with Gasteiger partial charge >= 0.3 is 6.18 Å². The Morgan fingerprint density at radius 1 is 1.07 bits per heavy atom. The minimum absolute atomic E-state index is 0.0148. The van der Waals surface area contributed by atoms with Gasteiger partial charge in [0.05, 0.1) is 23.5 Å². The summed E-state index contributed by atoms with van der Waals surface area (Å²) < 4.78 is 63.3. The average Bonchev–Trinajstić information content (AvgIpc) is 2.63. The van der Waals surface area contributed by atoms with Crippen molar-refractivity contribution >= 4 is 21.6 Å². The Kier molecular flexibility index (Phi) is 6.94. The average molecular weight is 428 g/mol. The van der Waals surface area contributed by atoms with E-state index in [-0.39, 0.29) is 11.7 Å². The van der Waals surface area contributed by atoms with Crippen LogP contribution in [0, 0.1) is 6.92 Å². The summed E-state index contributed by atoms with van der Waals surface area (Å²) in [5.74, 6) is -0.553. The molecule has 29 heavy (non-hydrogen) atoms. The van der Waals surface area contributed by atoms with Gasteiger partial charge in [0, 0.05) is 0 Å². The number of carbonyl (C=O) groups excluding carboxylic acids is 1. The molecule has 0 spiro atoms. The second-order valence-corrected chi connectivity index (χ2v) is 8.66. The third-order valence-electron chi connectivity index (χ3n) is 4.39. The number of benzene rings is 2. The minimum Gasteiger partial charge on any atom is -0.348 e. The highest BCUT2D eigenvalue weighted by molar-refractivity contribution is 7.92. The van der Waals surface area contributed by atoms with Gasteiger partial charge in [-0.2, -0.15) is 13.2 Å². The van der Waals surface area contributed by atoms with Crippen molar-refractivity contribution in [1.82, 2.24) is 5.32 Å². The third kappa shape index (κ3) is 6.22. The first kappa shape index (κ1) is 22.7. The van der Waals surface area contributed by atoms with Crippen molar-refractivity contribution in [3.8, 4) is 0 Å². The van der Waals surface area contributed by atoms with Gasteiger partial charge in [-0.15, -0.1) is 0 Å². The fraction of sp³-hybridized carbons (Fsp3) is 0.350. The highest BCUT2D eigenvalue weighted by atomic mass is 32.2. The summed E-state index contributed by atoms with van der Waals surface area (Å²) >= 11 is 0. The first-order valence-electron chi connectivity index (χ1n) is 8.92. The molecule has 1 amide bonds. The lowest BCUT2D eigenvalue weighted by molar-refractivity contribution is -0.137. The maximum Gasteiger partial charge on any atom is 0.416 e. The Labute approximate surface area is 168 Å². The Balaban J connectivity index is 2.19. The molecule has 0 fully saturated rings. The van der Waals surface area contributed by atoms with E-state index in [4.69, 9.17) is 0 Å². The number of rotatable bonds is 7. The molecule has 5 nitrogen and oxygen atoms in total. The number of aryl methyl sites for hydroxylation is 1. The summed E-state index contributed by atoms with van der Waals surface area (Å²) in [6.07, 6.45) is -3.04. The van der Waals surface area contributed by atoms with Crippen LogP contribution in [-0.4, -0.2) is 27.1 Å². The lowest BCUT2D eigenvalue weighted by Gasteiger charge is -2.24. The molecule has 2 aromatic rings. The van der Waals surface area contributed by atoms with Crippen molar-refractivity contribution < 1.29 is 26.4 Å². The van der Waals surface area contributed by atoms with Gasteiger partial charge in [0.2, 0.25) is 15.9 Å². The molecule has 0 aromatic heterocycles. The fourth-order valence-corrected chi connectivity index (χ4v) is 3.66. The molecule has 0 saturated carbocycles. The normalized spacial score (nSPS) is 13.0. The number of hydrogen-bond acceptors (Lipinski definition) is 3. The lowest BCUT2D eigenvalue weighted by Crippen LogP contribution is -2.41. The molecule has 2 aromatic carbocycles. The van der Waals surface area contributed by atoms with Crippen LogP contribution in [0.4, 0.5) is 18.9 Å². The summed E-state index contributed by atoms with van der Waals surface area (Å²) in [5.41, 5.74) is 1.04. The van der Waals surface area contributed by atoms with Gasteiger partial charge in [0.25, 0.3) is 0 Å². The second-order valence-electron chi connectivity index (χ2n) is 6.75. The predicted octanol–water partition coefficient (Wildman–Crippen LogP) is 4.05. The van der Waals surface area contributed by atoms with E-state index in [2.05, 4.69) is 5.32 Å². The van der Waals surface area contributed by atoms with Gasteiger partial charge in [-0.3, -0.25) is 9.10 Å². The molecule has 0 aliphatic rings. The van der Waals surface area contributed by atoms with Crippen LogP contribution in [0.25, 0.3) is 0 Å². The van der Waals surface area contributed by atoms with E-state index < -0.39 is 34.2 Å². The van der Waals surface area contributed by atoms with Crippen LogP contribution in [0.5, 0.6) is 0 Å². The summed E-state index contributed by atoms with van der Waals surface area (Å²) in [6, 6.07) is 10.9. The number of alkyl halides is 3. The smallest absolute Gasteiger partial charge is 0.348 e. The zero-order chi connectivity index (χ0) is 21.8. The van der Waals surface area contributed by atoms with Crippen LogP contribution >= 0.6 is 0 Å². The molecule has 2 rings (SSSR count). The van der Waals surface area contributed by atoms with Crippen LogP contribution in [0.1, 0.15) is 36.1 Å². The molecule has 0 bridgehead atoms. The van der Waals surface area contributed by atoms with Crippen molar-refractivity contribution in [1.29, 1.82) is 0 Å². The van der Waals surface area contributed by atoms with Gasteiger partial charge in [-0.25, -0.2) is 8.42 Å². The van der Waals surface area contributed by atoms with Gasteiger partial charge in [-0.1, -0.05) is 36.8 Å². The number of carbonyl (C=O) groups is 1. The van der Waals surface area contributed by atoms with Crippen LogP contribution < -0.4 is 9.62 Å². The van der Waals surface area contributed by atoms with E-state index in [1.165, 1.54) is 0 Å². The summed E-state index contributed by atoms with van der Waals surface area (Å²) in [7, 11) is -3.88. The van der Waals surface area contributed by atoms with E-state index >= 15 is 0 Å². The van der Waals surface area contributed by atoms with E-state index in [0.29, 0.717) is 6.42 Å². The van der Waals surface area contributed by atoms with Gasteiger partial charge in [0.15, 0.2) is 0 Å². The zero-order valence-corrected chi connectivity index (χ0v) is 17.1. The first-order chi connectivity index (χ1) is 13.4. The Hall–Kier alpha value is -2.55. The molecule has 0 aliphatic heterocycles. The van der Waals surface area contributed by atoms with Crippen LogP contribution in [0.15, 0.2) is 48.5 Å². The molecule has 0 heterocycles. The van der Waals surface area contributed by atoms with E-state index in [1.54, 1.807) is 0 Å². The number of halogens is 3. The zero-order valence-electron chi connectivity index (χ0n) is 16.3. The SMILES string of the molecule is CC[C@H](NC(=O)CN(c1ccc(C(F)(F)F)cc1)S(C)(=O)=O)c1ccc(C)cc1. The molecule has 1 N–H and O–H groups in total. The molecular formula is C20H23F3N2O3S. The Bertz CT molecular complexity index is 940. The number of sulfonamides is 1.